The van der Waals surface area contributed by atoms with E-state index in [1.807, 2.05) is 22.6 Å². The molecule has 9 nitrogen and oxygen atoms in total. The minimum absolute atomic E-state index is 0.0586. The van der Waals surface area contributed by atoms with Crippen molar-refractivity contribution >= 4 is 52.3 Å². The fourth-order valence-corrected chi connectivity index (χ4v) is 3.29. The van der Waals surface area contributed by atoms with E-state index in [-0.39, 0.29) is 32.0 Å². The van der Waals surface area contributed by atoms with Crippen LogP contribution in [0.5, 0.6) is 11.5 Å². The highest BCUT2D eigenvalue weighted by Gasteiger charge is 2.14. The third-order valence-corrected chi connectivity index (χ3v) is 4.80. The van der Waals surface area contributed by atoms with Gasteiger partial charge in [0.1, 0.15) is 5.82 Å². The first-order chi connectivity index (χ1) is 15.8. The molecule has 0 saturated heterocycles. The highest BCUT2D eigenvalue weighted by atomic mass is 127. The first-order valence-electron chi connectivity index (χ1n) is 9.85. The Balaban J connectivity index is 1.86. The lowest BCUT2D eigenvalue weighted by Crippen LogP contribution is -2.20. The maximum atomic E-state index is 12.9. The Morgan fingerprint density at radius 3 is 2.48 bits per heavy atom. The van der Waals surface area contributed by atoms with E-state index >= 15 is 0 Å². The number of rotatable bonds is 11. The summed E-state index contributed by atoms with van der Waals surface area (Å²) < 4.78 is 29.2. The molecule has 33 heavy (non-hydrogen) atoms. The van der Waals surface area contributed by atoms with Crippen LogP contribution in [0.4, 0.5) is 10.1 Å². The Bertz CT molecular complexity index is 1010. The summed E-state index contributed by atoms with van der Waals surface area (Å²) in [5.74, 6) is -0.947. The Hall–Kier alpha value is -3.22. The van der Waals surface area contributed by atoms with E-state index in [9.17, 15) is 18.8 Å². The van der Waals surface area contributed by atoms with Crippen LogP contribution in [-0.2, 0) is 19.1 Å². The number of esters is 1. The molecule has 0 aliphatic carbocycles. The zero-order valence-corrected chi connectivity index (χ0v) is 20.2. The molecule has 176 valence electrons. The molecule has 2 N–H and O–H groups in total. The van der Waals surface area contributed by atoms with Gasteiger partial charge in [-0.1, -0.05) is 0 Å². The van der Waals surface area contributed by atoms with Gasteiger partial charge in [-0.3, -0.25) is 9.59 Å². The second-order valence-corrected chi connectivity index (χ2v) is 7.64. The molecule has 0 heterocycles. The van der Waals surface area contributed by atoms with Crippen molar-refractivity contribution in [3.63, 3.8) is 0 Å². The smallest absolute Gasteiger partial charge is 0.344 e. The monoisotopic (exact) mass is 571 g/mol. The van der Waals surface area contributed by atoms with Crippen LogP contribution in [0.25, 0.3) is 0 Å². The van der Waals surface area contributed by atoms with Gasteiger partial charge >= 0.3 is 5.97 Å². The molecule has 0 aromatic heterocycles. The number of ether oxygens (including phenoxy) is 3. The maximum Gasteiger partial charge on any atom is 0.344 e. The van der Waals surface area contributed by atoms with Crippen LogP contribution in [0.3, 0.4) is 0 Å². The number of hydrazone groups is 1. The lowest BCUT2D eigenvalue weighted by Gasteiger charge is -2.13. The Morgan fingerprint density at radius 1 is 1.12 bits per heavy atom. The SMILES string of the molecule is CCOC(=O)COc1c(I)cc(C=NNC(=O)CCC(=O)Nc2ccc(F)cc2)cc1OC. The second-order valence-electron chi connectivity index (χ2n) is 6.48. The molecule has 2 amide bonds. The average molecular weight is 571 g/mol. The lowest BCUT2D eigenvalue weighted by molar-refractivity contribution is -0.145. The molecule has 0 saturated carbocycles. The van der Waals surface area contributed by atoms with Crippen molar-refractivity contribution in [3.05, 3.63) is 51.3 Å². The zero-order chi connectivity index (χ0) is 24.2. The molecule has 0 unspecified atom stereocenters. The van der Waals surface area contributed by atoms with Crippen LogP contribution in [0.2, 0.25) is 0 Å². The van der Waals surface area contributed by atoms with Crippen LogP contribution >= 0.6 is 22.6 Å². The van der Waals surface area contributed by atoms with Gasteiger partial charge in [-0.25, -0.2) is 14.6 Å². The van der Waals surface area contributed by atoms with Gasteiger partial charge in [-0.15, -0.1) is 0 Å². The van der Waals surface area contributed by atoms with Crippen LogP contribution < -0.4 is 20.2 Å². The molecule has 0 aliphatic rings. The predicted molar refractivity (Wildman–Crippen MR) is 128 cm³/mol. The van der Waals surface area contributed by atoms with Crippen molar-refractivity contribution in [3.8, 4) is 11.5 Å². The van der Waals surface area contributed by atoms with Crippen molar-refractivity contribution in [2.24, 2.45) is 5.10 Å². The molecule has 2 aromatic rings. The number of carbonyl (C=O) groups is 3. The van der Waals surface area contributed by atoms with Gasteiger partial charge < -0.3 is 19.5 Å². The summed E-state index contributed by atoms with van der Waals surface area (Å²) in [5, 5.41) is 6.46. The van der Waals surface area contributed by atoms with Gasteiger partial charge in [0, 0.05) is 18.5 Å². The normalized spacial score (nSPS) is 10.5. The summed E-state index contributed by atoms with van der Waals surface area (Å²) in [6.45, 7) is 1.72. The molecule has 0 spiro atoms. The van der Waals surface area contributed by atoms with Crippen molar-refractivity contribution < 1.29 is 33.0 Å². The number of carbonyl (C=O) groups excluding carboxylic acids is 3. The molecule has 0 radical (unpaired) electrons. The maximum absolute atomic E-state index is 12.9. The van der Waals surface area contributed by atoms with E-state index in [2.05, 4.69) is 15.8 Å². The topological polar surface area (TPSA) is 115 Å². The number of halogens is 2. The summed E-state index contributed by atoms with van der Waals surface area (Å²) in [4.78, 5) is 35.3. The van der Waals surface area contributed by atoms with Gasteiger partial charge in [-0.2, -0.15) is 5.10 Å². The highest BCUT2D eigenvalue weighted by molar-refractivity contribution is 14.1. The van der Waals surface area contributed by atoms with Crippen molar-refractivity contribution in [1.29, 1.82) is 0 Å². The predicted octanol–water partition coefficient (Wildman–Crippen LogP) is 3.25. The number of hydrogen-bond acceptors (Lipinski definition) is 7. The average Bonchev–Trinajstić information content (AvgIpc) is 2.78. The quantitative estimate of drug-likeness (QED) is 0.185. The Labute approximate surface area is 203 Å². The number of amides is 2. The summed E-state index contributed by atoms with van der Waals surface area (Å²) in [5.41, 5.74) is 3.41. The van der Waals surface area contributed by atoms with E-state index in [1.54, 1.807) is 19.1 Å². The van der Waals surface area contributed by atoms with Crippen LogP contribution in [0.15, 0.2) is 41.5 Å². The van der Waals surface area contributed by atoms with E-state index in [1.165, 1.54) is 37.6 Å². The number of nitrogens with zero attached hydrogens (tertiary/aromatic N) is 1. The first kappa shape index (κ1) is 26.0. The Kier molecular flexibility index (Phi) is 10.5. The van der Waals surface area contributed by atoms with E-state index in [4.69, 9.17) is 14.2 Å². The van der Waals surface area contributed by atoms with Crippen LogP contribution in [0.1, 0.15) is 25.3 Å². The minimum Gasteiger partial charge on any atom is -0.493 e. The minimum atomic E-state index is -0.491. The molecule has 11 heteroatoms. The van der Waals surface area contributed by atoms with E-state index in [0.717, 1.165) is 0 Å². The molecular weight excluding hydrogens is 548 g/mol. The summed E-state index contributed by atoms with van der Waals surface area (Å²) in [6.07, 6.45) is 1.28. The summed E-state index contributed by atoms with van der Waals surface area (Å²) in [7, 11) is 1.46. The van der Waals surface area contributed by atoms with Crippen molar-refractivity contribution in [2.75, 3.05) is 25.6 Å². The molecule has 0 bridgehead atoms. The van der Waals surface area contributed by atoms with Gasteiger partial charge in [0.05, 0.1) is 23.5 Å². The fraction of sp³-hybridized carbons (Fsp3) is 0.273. The van der Waals surface area contributed by atoms with Gasteiger partial charge in [0.15, 0.2) is 18.1 Å². The third-order valence-electron chi connectivity index (χ3n) is 4.00. The highest BCUT2D eigenvalue weighted by Crippen LogP contribution is 2.33. The van der Waals surface area contributed by atoms with E-state index in [0.29, 0.717) is 26.3 Å². The number of nitrogens with one attached hydrogen (secondary N) is 2. The molecule has 0 fully saturated rings. The molecular formula is C22H23FIN3O6. The molecule has 0 aliphatic heterocycles. The van der Waals surface area contributed by atoms with Gasteiger partial charge in [0.2, 0.25) is 11.8 Å². The molecule has 2 aromatic carbocycles. The second kappa shape index (κ2) is 13.4. The van der Waals surface area contributed by atoms with Crippen LogP contribution in [0, 0.1) is 9.39 Å². The number of hydrogen-bond donors (Lipinski definition) is 2. The number of methoxy groups -OCH3 is 1. The zero-order valence-electron chi connectivity index (χ0n) is 18.0. The number of benzene rings is 2. The third kappa shape index (κ3) is 9.04. The standard InChI is InChI=1S/C22H23FIN3O6/c1-3-32-21(30)13-33-22-17(24)10-14(11-18(22)31-2)12-25-27-20(29)9-8-19(28)26-16-6-4-15(23)5-7-16/h4-7,10-12H,3,8-9,13H2,1-2H3,(H,26,28)(H,27,29). The number of anilines is 1. The fourth-order valence-electron chi connectivity index (χ4n) is 2.51. The largest absolute Gasteiger partial charge is 0.493 e. The van der Waals surface area contributed by atoms with Crippen molar-refractivity contribution in [1.82, 2.24) is 5.43 Å². The van der Waals surface area contributed by atoms with Crippen molar-refractivity contribution in [2.45, 2.75) is 19.8 Å². The molecule has 2 rings (SSSR count). The summed E-state index contributed by atoms with van der Waals surface area (Å²) >= 11 is 2.03. The lowest BCUT2D eigenvalue weighted by atomic mass is 10.2. The Morgan fingerprint density at radius 2 is 1.82 bits per heavy atom. The first-order valence-corrected chi connectivity index (χ1v) is 10.9. The van der Waals surface area contributed by atoms with E-state index < -0.39 is 17.7 Å². The van der Waals surface area contributed by atoms with Crippen LogP contribution in [-0.4, -0.2) is 44.3 Å². The van der Waals surface area contributed by atoms with Gasteiger partial charge in [-0.05, 0) is 71.5 Å². The summed E-state index contributed by atoms with van der Waals surface area (Å²) in [6, 6.07) is 8.68. The van der Waals surface area contributed by atoms with Gasteiger partial charge in [0.25, 0.3) is 0 Å². The molecule has 0 atom stereocenters.